The van der Waals surface area contributed by atoms with Crippen molar-refractivity contribution in [3.63, 3.8) is 0 Å². The Balaban J connectivity index is 2.15. The van der Waals surface area contributed by atoms with Crippen LogP contribution in [-0.2, 0) is 12.8 Å². The van der Waals surface area contributed by atoms with E-state index in [2.05, 4.69) is 5.10 Å². The van der Waals surface area contributed by atoms with Gasteiger partial charge in [-0.2, -0.15) is 5.10 Å². The normalized spacial score (nSPS) is 13.8. The molecule has 0 aliphatic heterocycles. The summed E-state index contributed by atoms with van der Waals surface area (Å²) in [5.74, 6) is -0.218. The number of carboxylic acids is 1. The summed E-state index contributed by atoms with van der Waals surface area (Å²) in [6, 6.07) is 7.52. The van der Waals surface area contributed by atoms with Crippen molar-refractivity contribution in [2.24, 2.45) is 0 Å². The van der Waals surface area contributed by atoms with Gasteiger partial charge >= 0.3 is 5.97 Å². The number of fused-ring (bicyclic) bond motifs is 1. The van der Waals surface area contributed by atoms with Crippen molar-refractivity contribution >= 4 is 5.97 Å². The van der Waals surface area contributed by atoms with Crippen LogP contribution < -0.4 is 4.74 Å². The van der Waals surface area contributed by atoms with Crippen LogP contribution in [0.25, 0.3) is 5.69 Å². The van der Waals surface area contributed by atoms with Crippen molar-refractivity contribution in [1.82, 2.24) is 9.78 Å². The zero-order valence-corrected chi connectivity index (χ0v) is 11.3. The number of aromatic carboxylic acids is 1. The zero-order valence-electron chi connectivity index (χ0n) is 11.3. The highest BCUT2D eigenvalue weighted by atomic mass is 16.5. The fraction of sp³-hybridized carbons (Fsp3) is 0.333. The summed E-state index contributed by atoms with van der Waals surface area (Å²) in [5.41, 5.74) is 2.92. The summed E-state index contributed by atoms with van der Waals surface area (Å²) in [7, 11) is 1.61. The van der Waals surface area contributed by atoms with Gasteiger partial charge in [0.05, 0.1) is 12.8 Å². The maximum Gasteiger partial charge on any atom is 0.356 e. The van der Waals surface area contributed by atoms with Gasteiger partial charge in [0.2, 0.25) is 0 Å². The summed E-state index contributed by atoms with van der Waals surface area (Å²) in [4.78, 5) is 11.3. The van der Waals surface area contributed by atoms with Gasteiger partial charge < -0.3 is 9.84 Å². The van der Waals surface area contributed by atoms with E-state index in [1.54, 1.807) is 11.8 Å². The molecule has 0 saturated carbocycles. The van der Waals surface area contributed by atoms with Crippen LogP contribution in [0.3, 0.4) is 0 Å². The summed E-state index contributed by atoms with van der Waals surface area (Å²) < 4.78 is 6.97. The van der Waals surface area contributed by atoms with Gasteiger partial charge in [0.15, 0.2) is 5.69 Å². The molecule has 0 saturated heterocycles. The Morgan fingerprint density at radius 2 is 2.15 bits per heavy atom. The lowest BCUT2D eigenvalue weighted by Gasteiger charge is -2.14. The molecule has 104 valence electrons. The van der Waals surface area contributed by atoms with Crippen LogP contribution in [0.4, 0.5) is 0 Å². The second kappa shape index (κ2) is 5.00. The van der Waals surface area contributed by atoms with E-state index >= 15 is 0 Å². The number of methoxy groups -OCH3 is 1. The van der Waals surface area contributed by atoms with Crippen LogP contribution in [-0.4, -0.2) is 28.0 Å². The van der Waals surface area contributed by atoms with E-state index < -0.39 is 5.97 Å². The summed E-state index contributed by atoms with van der Waals surface area (Å²) >= 11 is 0. The Kier molecular flexibility index (Phi) is 3.18. The Bertz CT molecular complexity index is 661. The molecule has 1 aliphatic carbocycles. The van der Waals surface area contributed by atoms with Crippen molar-refractivity contribution in [3.8, 4) is 11.4 Å². The van der Waals surface area contributed by atoms with Crippen LogP contribution in [0.1, 0.15) is 34.6 Å². The molecule has 0 spiro atoms. The van der Waals surface area contributed by atoms with Gasteiger partial charge in [-0.25, -0.2) is 9.48 Å². The number of carbonyl (C=O) groups is 1. The average molecular weight is 272 g/mol. The lowest BCUT2D eigenvalue weighted by molar-refractivity contribution is 0.0688. The molecule has 1 aromatic carbocycles. The molecule has 1 N–H and O–H groups in total. The summed E-state index contributed by atoms with van der Waals surface area (Å²) in [6.45, 7) is 0. The lowest BCUT2D eigenvalue weighted by atomic mass is 9.95. The smallest absolute Gasteiger partial charge is 0.356 e. The maximum atomic E-state index is 11.3. The highest BCUT2D eigenvalue weighted by molar-refractivity contribution is 5.87. The van der Waals surface area contributed by atoms with E-state index in [4.69, 9.17) is 4.74 Å². The molecular weight excluding hydrogens is 256 g/mol. The van der Waals surface area contributed by atoms with Gasteiger partial charge in [-0.1, -0.05) is 6.07 Å². The van der Waals surface area contributed by atoms with Crippen molar-refractivity contribution in [2.75, 3.05) is 7.11 Å². The fourth-order valence-electron chi connectivity index (χ4n) is 2.73. The molecule has 0 amide bonds. The minimum atomic E-state index is -0.954. The Morgan fingerprint density at radius 3 is 2.90 bits per heavy atom. The third-order valence-corrected chi connectivity index (χ3v) is 3.68. The molecule has 1 heterocycles. The number of carboxylic acid groups (broad SMARTS) is 1. The molecular formula is C15H16N2O3. The number of hydrogen-bond acceptors (Lipinski definition) is 3. The average Bonchev–Trinajstić information content (AvgIpc) is 2.87. The van der Waals surface area contributed by atoms with Crippen LogP contribution in [0.15, 0.2) is 24.3 Å². The Hall–Kier alpha value is -2.30. The first-order chi connectivity index (χ1) is 9.70. The van der Waals surface area contributed by atoms with Crippen molar-refractivity contribution in [3.05, 3.63) is 41.2 Å². The van der Waals surface area contributed by atoms with Crippen LogP contribution in [0.5, 0.6) is 5.75 Å². The number of rotatable bonds is 3. The first-order valence-electron chi connectivity index (χ1n) is 6.69. The molecule has 0 bridgehead atoms. The zero-order chi connectivity index (χ0) is 14.1. The number of hydrogen-bond donors (Lipinski definition) is 1. The largest absolute Gasteiger partial charge is 0.497 e. The summed E-state index contributed by atoms with van der Waals surface area (Å²) in [6.07, 6.45) is 3.76. The van der Waals surface area contributed by atoms with Gasteiger partial charge in [0.25, 0.3) is 0 Å². The standard InChI is InChI=1S/C15H16N2O3/c1-20-11-6-4-5-10(9-11)17-13-8-3-2-7-12(13)14(16-17)15(18)19/h4-6,9H,2-3,7-8H2,1H3,(H,18,19). The van der Waals surface area contributed by atoms with Crippen LogP contribution in [0.2, 0.25) is 0 Å². The fourth-order valence-corrected chi connectivity index (χ4v) is 2.73. The predicted molar refractivity (Wildman–Crippen MR) is 73.7 cm³/mol. The minimum absolute atomic E-state index is 0.183. The van der Waals surface area contributed by atoms with Crippen LogP contribution >= 0.6 is 0 Å². The molecule has 0 atom stereocenters. The van der Waals surface area contributed by atoms with Crippen LogP contribution in [0, 0.1) is 0 Å². The maximum absolute atomic E-state index is 11.3. The highest BCUT2D eigenvalue weighted by Gasteiger charge is 2.25. The number of aromatic nitrogens is 2. The third kappa shape index (κ3) is 2.05. The van der Waals surface area contributed by atoms with E-state index in [0.717, 1.165) is 48.4 Å². The molecule has 0 fully saturated rings. The van der Waals surface area contributed by atoms with E-state index in [-0.39, 0.29) is 5.69 Å². The number of ether oxygens (including phenoxy) is 1. The van der Waals surface area contributed by atoms with Crippen molar-refractivity contribution < 1.29 is 14.6 Å². The predicted octanol–water partition coefficient (Wildman–Crippen LogP) is 2.46. The van der Waals surface area contributed by atoms with Gasteiger partial charge in [-0.15, -0.1) is 0 Å². The summed E-state index contributed by atoms with van der Waals surface area (Å²) in [5, 5.41) is 13.6. The van der Waals surface area contributed by atoms with Gasteiger partial charge in [0, 0.05) is 17.3 Å². The Morgan fingerprint density at radius 1 is 1.35 bits per heavy atom. The molecule has 20 heavy (non-hydrogen) atoms. The molecule has 1 aliphatic rings. The molecule has 0 unspecified atom stereocenters. The number of benzene rings is 1. The molecule has 0 radical (unpaired) electrons. The molecule has 1 aromatic heterocycles. The monoisotopic (exact) mass is 272 g/mol. The van der Waals surface area contributed by atoms with Gasteiger partial charge in [-0.05, 0) is 37.8 Å². The highest BCUT2D eigenvalue weighted by Crippen LogP contribution is 2.28. The third-order valence-electron chi connectivity index (χ3n) is 3.68. The minimum Gasteiger partial charge on any atom is -0.497 e. The molecule has 5 heteroatoms. The van der Waals surface area contributed by atoms with Gasteiger partial charge in [0.1, 0.15) is 5.75 Å². The topological polar surface area (TPSA) is 64.4 Å². The van der Waals surface area contributed by atoms with E-state index in [1.165, 1.54) is 0 Å². The SMILES string of the molecule is COc1cccc(-n2nc(C(=O)O)c3c2CCCC3)c1. The quantitative estimate of drug-likeness (QED) is 0.932. The first kappa shape index (κ1) is 12.7. The first-order valence-corrected chi connectivity index (χ1v) is 6.69. The van der Waals surface area contributed by atoms with Gasteiger partial charge in [-0.3, -0.25) is 0 Å². The molecule has 2 aromatic rings. The lowest BCUT2D eigenvalue weighted by Crippen LogP contribution is -2.08. The van der Waals surface area contributed by atoms with E-state index in [0.29, 0.717) is 0 Å². The van der Waals surface area contributed by atoms with Crippen molar-refractivity contribution in [1.29, 1.82) is 0 Å². The van der Waals surface area contributed by atoms with E-state index in [9.17, 15) is 9.90 Å². The molecule has 5 nitrogen and oxygen atoms in total. The Labute approximate surface area is 116 Å². The second-order valence-electron chi connectivity index (χ2n) is 4.90. The second-order valence-corrected chi connectivity index (χ2v) is 4.90. The number of nitrogens with zero attached hydrogens (tertiary/aromatic N) is 2. The van der Waals surface area contributed by atoms with E-state index in [1.807, 2.05) is 24.3 Å². The van der Waals surface area contributed by atoms with Crippen molar-refractivity contribution in [2.45, 2.75) is 25.7 Å². The molecule has 3 rings (SSSR count).